The molecular formula is C25H29ClF3N3O. The van der Waals surface area contributed by atoms with Crippen molar-refractivity contribution < 1.29 is 18.0 Å². The van der Waals surface area contributed by atoms with Crippen LogP contribution in [0.5, 0.6) is 0 Å². The van der Waals surface area contributed by atoms with Crippen molar-refractivity contribution >= 4 is 23.2 Å². The molecule has 0 bridgehead atoms. The number of hydrogen-bond acceptors (Lipinski definition) is 3. The number of anilines is 1. The molecule has 0 saturated carbocycles. The molecule has 3 atom stereocenters. The van der Waals surface area contributed by atoms with E-state index in [0.29, 0.717) is 43.1 Å². The summed E-state index contributed by atoms with van der Waals surface area (Å²) in [4.78, 5) is 16.5. The van der Waals surface area contributed by atoms with E-state index in [1.165, 1.54) is 6.08 Å². The lowest BCUT2D eigenvalue weighted by atomic mass is 9.89. The van der Waals surface area contributed by atoms with Gasteiger partial charge in [0.05, 0.1) is 10.6 Å². The monoisotopic (exact) mass is 479 g/mol. The molecule has 1 aliphatic heterocycles. The molecule has 0 radical (unpaired) electrons. The van der Waals surface area contributed by atoms with Crippen LogP contribution in [0.1, 0.15) is 45.1 Å². The average molecular weight is 480 g/mol. The Morgan fingerprint density at radius 1 is 1.39 bits per heavy atom. The van der Waals surface area contributed by atoms with E-state index in [1.807, 2.05) is 29.7 Å². The van der Waals surface area contributed by atoms with Gasteiger partial charge in [-0.15, -0.1) is 0 Å². The molecule has 1 saturated heterocycles. The Bertz CT molecular complexity index is 967. The summed E-state index contributed by atoms with van der Waals surface area (Å²) in [7, 11) is 0. The fourth-order valence-electron chi connectivity index (χ4n) is 4.45. The van der Waals surface area contributed by atoms with Crippen molar-refractivity contribution in [2.24, 2.45) is 11.8 Å². The molecule has 1 aromatic carbocycles. The van der Waals surface area contributed by atoms with Gasteiger partial charge in [-0.3, -0.25) is 4.79 Å². The van der Waals surface area contributed by atoms with Gasteiger partial charge in [0.2, 0.25) is 5.91 Å². The number of likely N-dealkylation sites (tertiary alicyclic amines) is 1. The van der Waals surface area contributed by atoms with Gasteiger partial charge in [0.15, 0.2) is 0 Å². The van der Waals surface area contributed by atoms with Crippen LogP contribution in [0.4, 0.5) is 18.9 Å². The molecule has 1 aromatic rings. The van der Waals surface area contributed by atoms with Crippen LogP contribution in [0.3, 0.4) is 0 Å². The van der Waals surface area contributed by atoms with Crippen molar-refractivity contribution in [1.29, 1.82) is 5.26 Å². The maximum atomic E-state index is 13.7. The first-order valence-corrected chi connectivity index (χ1v) is 11.7. The Morgan fingerprint density at radius 2 is 2.15 bits per heavy atom. The van der Waals surface area contributed by atoms with Crippen LogP contribution >= 0.6 is 11.6 Å². The molecule has 2 aliphatic rings. The smallest absolute Gasteiger partial charge is 0.366 e. The minimum absolute atomic E-state index is 0.0844. The van der Waals surface area contributed by atoms with E-state index in [9.17, 15) is 23.2 Å². The van der Waals surface area contributed by atoms with Crippen LogP contribution < -0.4 is 4.90 Å². The molecule has 33 heavy (non-hydrogen) atoms. The van der Waals surface area contributed by atoms with Crippen LogP contribution in [0.15, 0.2) is 42.0 Å². The second-order valence-corrected chi connectivity index (χ2v) is 9.32. The number of alkyl halides is 3. The zero-order valence-electron chi connectivity index (χ0n) is 18.9. The number of carbonyl (C=O) groups excluding carboxylic acids is 1. The van der Waals surface area contributed by atoms with Crippen molar-refractivity contribution in [2.75, 3.05) is 24.5 Å². The van der Waals surface area contributed by atoms with Gasteiger partial charge in [-0.2, -0.15) is 18.4 Å². The SMILES string of the molecule is CCC(C)CC(=O)N1CC[C@H](N(CC2CC=CC=C2C(F)(F)F)c2ccc(C#N)c(Cl)c2)C1. The summed E-state index contributed by atoms with van der Waals surface area (Å²) in [6, 6.07) is 6.84. The molecule has 4 nitrogen and oxygen atoms in total. The zero-order valence-corrected chi connectivity index (χ0v) is 19.7. The summed E-state index contributed by atoms with van der Waals surface area (Å²) in [5.41, 5.74) is 0.433. The van der Waals surface area contributed by atoms with Gasteiger partial charge in [-0.1, -0.05) is 50.1 Å². The van der Waals surface area contributed by atoms with Crippen LogP contribution in [0.25, 0.3) is 0 Å². The Kier molecular flexibility index (Phi) is 8.12. The lowest BCUT2D eigenvalue weighted by molar-refractivity contribution is -0.131. The van der Waals surface area contributed by atoms with Crippen molar-refractivity contribution in [3.05, 3.63) is 52.6 Å². The predicted molar refractivity (Wildman–Crippen MR) is 124 cm³/mol. The van der Waals surface area contributed by atoms with Crippen LogP contribution in [-0.4, -0.2) is 42.7 Å². The number of nitriles is 1. The second kappa shape index (κ2) is 10.6. The fraction of sp³-hybridized carbons (Fsp3) is 0.520. The molecular weight excluding hydrogens is 451 g/mol. The topological polar surface area (TPSA) is 47.3 Å². The summed E-state index contributed by atoms with van der Waals surface area (Å²) in [5.74, 6) is -0.353. The molecule has 8 heteroatoms. The average Bonchev–Trinajstić information content (AvgIpc) is 3.27. The highest BCUT2D eigenvalue weighted by Crippen LogP contribution is 2.38. The number of amides is 1. The van der Waals surface area contributed by atoms with Crippen molar-refractivity contribution in [1.82, 2.24) is 4.90 Å². The molecule has 1 amide bonds. The standard InChI is InChI=1S/C25H29ClF3N3O/c1-3-17(2)12-24(33)31-11-10-21(16-31)32(20-9-8-18(14-30)23(26)13-20)15-19-6-4-5-7-22(19)25(27,28)29/h4-5,7-9,13,17,19,21H,3,6,10-12,15-16H2,1-2H3/t17?,19?,21-/m0/s1. The van der Waals surface area contributed by atoms with E-state index in [2.05, 4.69) is 0 Å². The van der Waals surface area contributed by atoms with Crippen LogP contribution in [0.2, 0.25) is 5.02 Å². The summed E-state index contributed by atoms with van der Waals surface area (Å²) >= 11 is 6.26. The highest BCUT2D eigenvalue weighted by atomic mass is 35.5. The quantitative estimate of drug-likeness (QED) is 0.473. The lowest BCUT2D eigenvalue weighted by Gasteiger charge is -2.36. The number of carbonyl (C=O) groups is 1. The van der Waals surface area contributed by atoms with Crippen molar-refractivity contribution in [2.45, 2.75) is 51.7 Å². The molecule has 1 aliphatic carbocycles. The van der Waals surface area contributed by atoms with Crippen molar-refractivity contribution in [3.63, 3.8) is 0 Å². The fourth-order valence-corrected chi connectivity index (χ4v) is 4.66. The van der Waals surface area contributed by atoms with Gasteiger partial charge < -0.3 is 9.80 Å². The van der Waals surface area contributed by atoms with Gasteiger partial charge >= 0.3 is 6.18 Å². The zero-order chi connectivity index (χ0) is 24.2. The summed E-state index contributed by atoms with van der Waals surface area (Å²) in [6.07, 6.45) is 2.29. The normalized spacial score (nSPS) is 21.5. The van der Waals surface area contributed by atoms with Crippen LogP contribution in [0, 0.1) is 23.2 Å². The maximum absolute atomic E-state index is 13.7. The second-order valence-electron chi connectivity index (χ2n) is 8.91. The molecule has 0 aromatic heterocycles. The first kappa shape index (κ1) is 25.2. The highest BCUT2D eigenvalue weighted by Gasteiger charge is 2.40. The van der Waals surface area contributed by atoms with Gasteiger partial charge in [-0.05, 0) is 37.0 Å². The Hall–Kier alpha value is -2.46. The van der Waals surface area contributed by atoms with Gasteiger partial charge in [-0.25, -0.2) is 0 Å². The molecule has 1 fully saturated rings. The first-order chi connectivity index (χ1) is 15.6. The van der Waals surface area contributed by atoms with Crippen LogP contribution in [-0.2, 0) is 4.79 Å². The van der Waals surface area contributed by atoms with E-state index in [4.69, 9.17) is 11.6 Å². The molecule has 0 spiro atoms. The number of halogens is 4. The third-order valence-corrected chi connectivity index (χ3v) is 6.91. The Balaban J connectivity index is 1.86. The van der Waals surface area contributed by atoms with Gasteiger partial charge in [0, 0.05) is 49.3 Å². The minimum Gasteiger partial charge on any atom is -0.366 e. The molecule has 0 N–H and O–H groups in total. The summed E-state index contributed by atoms with van der Waals surface area (Å²) in [5, 5.41) is 9.46. The summed E-state index contributed by atoms with van der Waals surface area (Å²) < 4.78 is 41.0. The largest absolute Gasteiger partial charge is 0.413 e. The number of allylic oxidation sites excluding steroid dienone is 3. The van der Waals surface area contributed by atoms with E-state index in [-0.39, 0.29) is 29.9 Å². The molecule has 1 heterocycles. The number of rotatable bonds is 7. The Morgan fingerprint density at radius 3 is 2.79 bits per heavy atom. The number of benzene rings is 1. The first-order valence-electron chi connectivity index (χ1n) is 11.3. The van der Waals surface area contributed by atoms with E-state index in [0.717, 1.165) is 12.5 Å². The molecule has 2 unspecified atom stereocenters. The van der Waals surface area contributed by atoms with E-state index in [1.54, 1.807) is 24.3 Å². The number of nitrogens with zero attached hydrogens (tertiary/aromatic N) is 3. The van der Waals surface area contributed by atoms with Gasteiger partial charge in [0.1, 0.15) is 6.07 Å². The Labute approximate surface area is 198 Å². The maximum Gasteiger partial charge on any atom is 0.413 e. The summed E-state index contributed by atoms with van der Waals surface area (Å²) in [6.45, 7) is 5.27. The molecule has 3 rings (SSSR count). The predicted octanol–water partition coefficient (Wildman–Crippen LogP) is 6.12. The van der Waals surface area contributed by atoms with E-state index >= 15 is 0 Å². The van der Waals surface area contributed by atoms with Crippen molar-refractivity contribution in [3.8, 4) is 6.07 Å². The third-order valence-electron chi connectivity index (χ3n) is 6.60. The van der Waals surface area contributed by atoms with Gasteiger partial charge in [0.25, 0.3) is 0 Å². The number of hydrogen-bond donors (Lipinski definition) is 0. The highest BCUT2D eigenvalue weighted by molar-refractivity contribution is 6.32. The lowest BCUT2D eigenvalue weighted by Crippen LogP contribution is -2.43. The minimum atomic E-state index is -4.41. The van der Waals surface area contributed by atoms with E-state index < -0.39 is 17.7 Å². The third kappa shape index (κ3) is 6.11. The molecule has 178 valence electrons.